The van der Waals surface area contributed by atoms with Gasteiger partial charge in [0.2, 0.25) is 5.91 Å². The van der Waals surface area contributed by atoms with Gasteiger partial charge in [-0.15, -0.1) is 0 Å². The average Bonchev–Trinajstić information content (AvgIpc) is 3.20. The summed E-state index contributed by atoms with van der Waals surface area (Å²) in [6.07, 6.45) is 12.1. The smallest absolute Gasteiger partial charge is 0.227 e. The summed E-state index contributed by atoms with van der Waals surface area (Å²) in [6, 6.07) is 0.616. The normalized spacial score (nSPS) is 32.4. The predicted molar refractivity (Wildman–Crippen MR) is 81.9 cm³/mol. The molecule has 1 saturated heterocycles. The van der Waals surface area contributed by atoms with Crippen LogP contribution in [0.1, 0.15) is 51.5 Å². The van der Waals surface area contributed by atoms with Crippen molar-refractivity contribution in [1.29, 1.82) is 0 Å². The van der Waals surface area contributed by atoms with Crippen molar-refractivity contribution in [1.82, 2.24) is 20.2 Å². The van der Waals surface area contributed by atoms with Gasteiger partial charge >= 0.3 is 0 Å². The maximum atomic E-state index is 12.9. The molecular formula is C16H26N4O. The van der Waals surface area contributed by atoms with E-state index in [9.17, 15) is 4.79 Å². The monoisotopic (exact) mass is 290 g/mol. The fraction of sp³-hybridized carbons (Fsp3) is 0.750. The van der Waals surface area contributed by atoms with Gasteiger partial charge in [0.15, 0.2) is 0 Å². The van der Waals surface area contributed by atoms with Gasteiger partial charge in [-0.2, -0.15) is 0 Å². The lowest BCUT2D eigenvalue weighted by atomic mass is 9.81. The summed E-state index contributed by atoms with van der Waals surface area (Å²) in [4.78, 5) is 17.0. The Morgan fingerprint density at radius 3 is 3.10 bits per heavy atom. The Kier molecular flexibility index (Phi) is 4.29. The number of nitrogens with one attached hydrogen (secondary N) is 2. The first-order valence-electron chi connectivity index (χ1n) is 8.24. The van der Waals surface area contributed by atoms with Crippen LogP contribution in [0.2, 0.25) is 0 Å². The Hall–Kier alpha value is -1.36. The summed E-state index contributed by atoms with van der Waals surface area (Å²) in [5.74, 6) is 0.256. The molecule has 2 fully saturated rings. The van der Waals surface area contributed by atoms with Crippen molar-refractivity contribution >= 4 is 5.91 Å². The molecule has 3 atom stereocenters. The van der Waals surface area contributed by atoms with Gasteiger partial charge in [-0.25, -0.2) is 4.98 Å². The quantitative estimate of drug-likeness (QED) is 0.870. The number of rotatable bonds is 5. The minimum Gasteiger partial charge on any atom is -0.351 e. The van der Waals surface area contributed by atoms with Gasteiger partial charge < -0.3 is 15.2 Å². The fourth-order valence-electron chi connectivity index (χ4n) is 4.00. The Morgan fingerprint density at radius 1 is 1.52 bits per heavy atom. The predicted octanol–water partition coefficient (Wildman–Crippen LogP) is 1.87. The first-order chi connectivity index (χ1) is 10.2. The van der Waals surface area contributed by atoms with Gasteiger partial charge in [0.1, 0.15) is 0 Å². The highest BCUT2D eigenvalue weighted by Gasteiger charge is 2.42. The molecule has 21 heavy (non-hydrogen) atoms. The number of amides is 1. The molecule has 116 valence electrons. The van der Waals surface area contributed by atoms with Crippen LogP contribution < -0.4 is 10.6 Å². The van der Waals surface area contributed by atoms with Crippen molar-refractivity contribution in [2.45, 2.75) is 57.5 Å². The van der Waals surface area contributed by atoms with Crippen LogP contribution in [0.15, 0.2) is 18.7 Å². The van der Waals surface area contributed by atoms with Crippen LogP contribution >= 0.6 is 0 Å². The molecule has 5 heteroatoms. The molecule has 0 aromatic carbocycles. The van der Waals surface area contributed by atoms with Crippen molar-refractivity contribution in [2.24, 2.45) is 5.41 Å². The molecule has 5 nitrogen and oxygen atoms in total. The maximum Gasteiger partial charge on any atom is 0.227 e. The van der Waals surface area contributed by atoms with Crippen molar-refractivity contribution < 1.29 is 4.79 Å². The van der Waals surface area contributed by atoms with E-state index in [1.807, 2.05) is 18.7 Å². The second-order valence-electron chi connectivity index (χ2n) is 6.55. The van der Waals surface area contributed by atoms with Gasteiger partial charge in [-0.3, -0.25) is 4.79 Å². The highest BCUT2D eigenvalue weighted by Crippen LogP contribution is 2.34. The summed E-state index contributed by atoms with van der Waals surface area (Å²) in [5.41, 5.74) is -0.184. The molecule has 1 saturated carbocycles. The Bertz CT molecular complexity index is 465. The first kappa shape index (κ1) is 14.6. The zero-order chi connectivity index (χ0) is 14.7. The summed E-state index contributed by atoms with van der Waals surface area (Å²) in [5, 5.41) is 6.72. The molecule has 0 bridgehead atoms. The van der Waals surface area contributed by atoms with E-state index in [1.54, 1.807) is 0 Å². The summed E-state index contributed by atoms with van der Waals surface area (Å²) in [7, 11) is 0. The van der Waals surface area contributed by atoms with Crippen LogP contribution in [0.25, 0.3) is 0 Å². The Labute approximate surface area is 126 Å². The van der Waals surface area contributed by atoms with E-state index in [0.717, 1.165) is 45.2 Å². The molecule has 2 N–H and O–H groups in total. The molecule has 1 aromatic rings. The van der Waals surface area contributed by atoms with Crippen molar-refractivity contribution in [3.63, 3.8) is 0 Å². The molecule has 2 heterocycles. The topological polar surface area (TPSA) is 59.0 Å². The molecule has 1 aliphatic carbocycles. The van der Waals surface area contributed by atoms with Gasteiger partial charge in [0, 0.05) is 25.0 Å². The zero-order valence-electron chi connectivity index (χ0n) is 12.8. The molecule has 3 unspecified atom stereocenters. The van der Waals surface area contributed by atoms with Crippen LogP contribution in [-0.2, 0) is 4.79 Å². The lowest BCUT2D eigenvalue weighted by molar-refractivity contribution is -0.131. The number of imidazole rings is 1. The average molecular weight is 290 g/mol. The highest BCUT2D eigenvalue weighted by molar-refractivity contribution is 5.83. The van der Waals surface area contributed by atoms with Crippen molar-refractivity contribution in [3.8, 4) is 0 Å². The maximum absolute atomic E-state index is 12.9. The van der Waals surface area contributed by atoms with Crippen LogP contribution in [0, 0.1) is 5.41 Å². The van der Waals surface area contributed by atoms with E-state index in [1.165, 1.54) is 6.42 Å². The van der Waals surface area contributed by atoms with Crippen LogP contribution in [0.5, 0.6) is 0 Å². The van der Waals surface area contributed by atoms with E-state index in [-0.39, 0.29) is 17.4 Å². The number of hydrogen-bond acceptors (Lipinski definition) is 3. The second kappa shape index (κ2) is 6.18. The van der Waals surface area contributed by atoms with Gasteiger partial charge in [0.05, 0.1) is 17.8 Å². The minimum absolute atomic E-state index is 0.184. The molecule has 0 radical (unpaired) electrons. The number of nitrogens with zero attached hydrogens (tertiary/aromatic N) is 2. The molecule has 2 aliphatic rings. The van der Waals surface area contributed by atoms with E-state index < -0.39 is 0 Å². The van der Waals surface area contributed by atoms with Crippen molar-refractivity contribution in [3.05, 3.63) is 18.7 Å². The third kappa shape index (κ3) is 2.84. The van der Waals surface area contributed by atoms with Crippen LogP contribution in [0.4, 0.5) is 0 Å². The van der Waals surface area contributed by atoms with Crippen molar-refractivity contribution in [2.75, 3.05) is 13.1 Å². The molecule has 1 aliphatic heterocycles. The minimum atomic E-state index is -0.184. The number of hydrogen-bond donors (Lipinski definition) is 2. The van der Waals surface area contributed by atoms with E-state index >= 15 is 0 Å². The molecular weight excluding hydrogens is 264 g/mol. The molecule has 1 amide bonds. The molecule has 3 rings (SSSR count). The Morgan fingerprint density at radius 2 is 2.43 bits per heavy atom. The lowest BCUT2D eigenvalue weighted by Gasteiger charge is -2.30. The number of aromatic nitrogens is 2. The lowest BCUT2D eigenvalue weighted by Crippen LogP contribution is -2.48. The summed E-state index contributed by atoms with van der Waals surface area (Å²) in [6.45, 7) is 3.95. The third-order valence-electron chi connectivity index (χ3n) is 5.16. The largest absolute Gasteiger partial charge is 0.351 e. The summed E-state index contributed by atoms with van der Waals surface area (Å²) >= 11 is 0. The van der Waals surface area contributed by atoms with Gasteiger partial charge in [0.25, 0.3) is 0 Å². The number of carbonyl (C=O) groups is 1. The Balaban J connectivity index is 1.68. The van der Waals surface area contributed by atoms with Crippen LogP contribution in [-0.4, -0.2) is 34.6 Å². The highest BCUT2D eigenvalue weighted by atomic mass is 16.2. The first-order valence-corrected chi connectivity index (χ1v) is 8.24. The second-order valence-corrected chi connectivity index (χ2v) is 6.55. The van der Waals surface area contributed by atoms with Gasteiger partial charge in [-0.1, -0.05) is 13.3 Å². The van der Waals surface area contributed by atoms with E-state index in [4.69, 9.17) is 0 Å². The molecule has 1 aromatic heterocycles. The third-order valence-corrected chi connectivity index (χ3v) is 5.16. The summed E-state index contributed by atoms with van der Waals surface area (Å²) < 4.78 is 2.15. The zero-order valence-corrected chi connectivity index (χ0v) is 12.8. The van der Waals surface area contributed by atoms with Gasteiger partial charge in [-0.05, 0) is 38.6 Å². The fourth-order valence-corrected chi connectivity index (χ4v) is 4.00. The van der Waals surface area contributed by atoms with E-state index in [2.05, 4.69) is 27.1 Å². The van der Waals surface area contributed by atoms with E-state index in [0.29, 0.717) is 6.04 Å². The van der Waals surface area contributed by atoms with Crippen LogP contribution in [0.3, 0.4) is 0 Å². The SMILES string of the molecule is CCCC1(C(=O)NC2CCCC2n2ccnc2)CCNC1. The molecule has 0 spiro atoms. The number of carbonyl (C=O) groups excluding carboxylic acids is 1. The standard InChI is InChI=1S/C16H26N4O/c1-2-6-16(7-8-17-11-16)15(21)19-13-4-3-5-14(13)20-10-9-18-12-20/h9-10,12-14,17H,2-8,11H2,1H3,(H,19,21).